The van der Waals surface area contributed by atoms with Gasteiger partial charge in [0.1, 0.15) is 24.9 Å². The van der Waals surface area contributed by atoms with Crippen LogP contribution in [0.5, 0.6) is 0 Å². The second-order valence-corrected chi connectivity index (χ2v) is 9.68. The molecule has 2 aromatic carbocycles. The molecule has 2 aliphatic rings. The SMILES string of the molecule is Cc1cccc(NC(=O)OC[C@H]2O[C@@H](O)[C@H](NC(=O)C3CCC3)[C@@H](OC(=O)Nc3cccc(C)c3)[C@@H]2O)c1. The number of carbonyl (C=O) groups is 3. The quantitative estimate of drug-likeness (QED) is 0.368. The van der Waals surface area contributed by atoms with Gasteiger partial charge in [0.25, 0.3) is 0 Å². The van der Waals surface area contributed by atoms with Crippen molar-refractivity contribution in [2.45, 2.75) is 63.8 Å². The van der Waals surface area contributed by atoms with Gasteiger partial charge in [-0.3, -0.25) is 15.4 Å². The van der Waals surface area contributed by atoms with Gasteiger partial charge in [-0.05, 0) is 62.1 Å². The van der Waals surface area contributed by atoms with Crippen molar-refractivity contribution < 1.29 is 38.8 Å². The van der Waals surface area contributed by atoms with Gasteiger partial charge in [-0.1, -0.05) is 30.7 Å². The summed E-state index contributed by atoms with van der Waals surface area (Å²) in [6.45, 7) is 3.29. The summed E-state index contributed by atoms with van der Waals surface area (Å²) >= 11 is 0. The number of rotatable bonds is 7. The monoisotopic (exact) mass is 527 g/mol. The van der Waals surface area contributed by atoms with Crippen LogP contribution in [-0.4, -0.2) is 65.6 Å². The topological polar surface area (TPSA) is 155 Å². The molecule has 1 aliphatic carbocycles. The van der Waals surface area contributed by atoms with Crippen molar-refractivity contribution in [3.05, 3.63) is 59.7 Å². The summed E-state index contributed by atoms with van der Waals surface area (Å²) in [4.78, 5) is 37.6. The molecule has 2 fully saturated rings. The molecule has 1 saturated heterocycles. The van der Waals surface area contributed by atoms with E-state index in [1.165, 1.54) is 0 Å². The number of ether oxygens (including phenoxy) is 3. The zero-order chi connectivity index (χ0) is 27.2. The molecule has 1 saturated carbocycles. The van der Waals surface area contributed by atoms with Crippen molar-refractivity contribution in [2.24, 2.45) is 5.92 Å². The number of anilines is 2. The van der Waals surface area contributed by atoms with E-state index in [2.05, 4.69) is 16.0 Å². The molecule has 2 aromatic rings. The molecule has 0 bridgehead atoms. The predicted octanol–water partition coefficient (Wildman–Crippen LogP) is 2.83. The van der Waals surface area contributed by atoms with Gasteiger partial charge in [0.15, 0.2) is 12.4 Å². The Morgan fingerprint density at radius 1 is 0.947 bits per heavy atom. The van der Waals surface area contributed by atoms with Gasteiger partial charge in [0, 0.05) is 17.3 Å². The molecule has 4 rings (SSSR count). The normalized spacial score (nSPS) is 25.0. The number of nitrogens with one attached hydrogen (secondary N) is 3. The van der Waals surface area contributed by atoms with Gasteiger partial charge in [-0.2, -0.15) is 0 Å². The Morgan fingerprint density at radius 2 is 1.55 bits per heavy atom. The van der Waals surface area contributed by atoms with Gasteiger partial charge in [-0.15, -0.1) is 0 Å². The van der Waals surface area contributed by atoms with Crippen molar-refractivity contribution in [2.75, 3.05) is 17.2 Å². The summed E-state index contributed by atoms with van der Waals surface area (Å²) in [5.74, 6) is -0.538. The minimum absolute atomic E-state index is 0.215. The van der Waals surface area contributed by atoms with E-state index in [9.17, 15) is 24.6 Å². The Hall–Kier alpha value is -3.67. The molecule has 204 valence electrons. The number of hydrogen-bond acceptors (Lipinski definition) is 8. The van der Waals surface area contributed by atoms with E-state index in [1.54, 1.807) is 36.4 Å². The van der Waals surface area contributed by atoms with Crippen LogP contribution in [0.1, 0.15) is 30.4 Å². The largest absolute Gasteiger partial charge is 0.446 e. The summed E-state index contributed by atoms with van der Waals surface area (Å²) < 4.78 is 16.2. The average Bonchev–Trinajstić information content (AvgIpc) is 2.81. The molecule has 5 atom stereocenters. The Morgan fingerprint density at radius 3 is 2.11 bits per heavy atom. The van der Waals surface area contributed by atoms with Crippen LogP contribution >= 0.6 is 0 Å². The fourth-order valence-corrected chi connectivity index (χ4v) is 4.35. The zero-order valence-electron chi connectivity index (χ0n) is 21.3. The maximum Gasteiger partial charge on any atom is 0.412 e. The summed E-state index contributed by atoms with van der Waals surface area (Å²) in [6.07, 6.45) is -5.12. The van der Waals surface area contributed by atoms with Crippen molar-refractivity contribution in [3.8, 4) is 0 Å². The van der Waals surface area contributed by atoms with Gasteiger partial charge in [0.2, 0.25) is 5.91 Å². The number of benzene rings is 2. The molecular formula is C27H33N3O8. The first-order valence-corrected chi connectivity index (χ1v) is 12.6. The van der Waals surface area contributed by atoms with Crippen LogP contribution in [0.2, 0.25) is 0 Å². The Bertz CT molecular complexity index is 1150. The highest BCUT2D eigenvalue weighted by Crippen LogP contribution is 2.29. The molecule has 0 spiro atoms. The van der Waals surface area contributed by atoms with Crippen LogP contribution in [-0.2, 0) is 19.0 Å². The average molecular weight is 528 g/mol. The maximum atomic E-state index is 12.7. The molecular weight excluding hydrogens is 494 g/mol. The minimum Gasteiger partial charge on any atom is -0.446 e. The lowest BCUT2D eigenvalue weighted by Gasteiger charge is -2.42. The Labute approximate surface area is 220 Å². The zero-order valence-corrected chi connectivity index (χ0v) is 21.3. The maximum absolute atomic E-state index is 12.7. The lowest BCUT2D eigenvalue weighted by atomic mass is 9.84. The third kappa shape index (κ3) is 7.00. The Balaban J connectivity index is 1.42. The summed E-state index contributed by atoms with van der Waals surface area (Å²) in [7, 11) is 0. The van der Waals surface area contributed by atoms with Crippen LogP contribution in [0, 0.1) is 19.8 Å². The van der Waals surface area contributed by atoms with Crippen LogP contribution in [0.15, 0.2) is 48.5 Å². The highest BCUT2D eigenvalue weighted by molar-refractivity contribution is 5.85. The van der Waals surface area contributed by atoms with Gasteiger partial charge < -0.3 is 29.7 Å². The lowest BCUT2D eigenvalue weighted by molar-refractivity contribution is -0.252. The third-order valence-corrected chi connectivity index (χ3v) is 6.63. The number of carbonyl (C=O) groups excluding carboxylic acids is 3. The van der Waals surface area contributed by atoms with Gasteiger partial charge >= 0.3 is 12.2 Å². The molecule has 3 amide bonds. The molecule has 11 nitrogen and oxygen atoms in total. The third-order valence-electron chi connectivity index (χ3n) is 6.63. The molecule has 38 heavy (non-hydrogen) atoms. The van der Waals surface area contributed by atoms with Crippen LogP contribution in [0.3, 0.4) is 0 Å². The number of aryl methyl sites for hydroxylation is 2. The van der Waals surface area contributed by atoms with Crippen molar-refractivity contribution >= 4 is 29.5 Å². The number of amides is 3. The van der Waals surface area contributed by atoms with E-state index in [0.717, 1.165) is 17.5 Å². The summed E-state index contributed by atoms with van der Waals surface area (Å²) in [5.41, 5.74) is 2.85. The molecule has 1 aliphatic heterocycles. The van der Waals surface area contributed by atoms with E-state index in [1.807, 2.05) is 26.0 Å². The van der Waals surface area contributed by atoms with Crippen molar-refractivity contribution in [1.82, 2.24) is 5.32 Å². The van der Waals surface area contributed by atoms with Crippen molar-refractivity contribution in [1.29, 1.82) is 0 Å². The molecule has 1 heterocycles. The summed E-state index contributed by atoms with van der Waals surface area (Å²) in [6, 6.07) is 12.9. The van der Waals surface area contributed by atoms with E-state index >= 15 is 0 Å². The van der Waals surface area contributed by atoms with Crippen LogP contribution < -0.4 is 16.0 Å². The molecule has 11 heteroatoms. The first kappa shape index (κ1) is 27.4. The highest BCUT2D eigenvalue weighted by Gasteiger charge is 2.49. The van der Waals surface area contributed by atoms with Gasteiger partial charge in [-0.25, -0.2) is 9.59 Å². The molecule has 0 unspecified atom stereocenters. The first-order chi connectivity index (χ1) is 18.2. The number of hydrogen-bond donors (Lipinski definition) is 5. The van der Waals surface area contributed by atoms with Crippen LogP contribution in [0.4, 0.5) is 21.0 Å². The van der Waals surface area contributed by atoms with Gasteiger partial charge in [0.05, 0.1) is 0 Å². The standard InChI is InChI=1S/C27H33N3O8/c1-15-6-3-10-18(12-15)28-26(34)36-14-20-22(31)23(38-27(35)29-19-11-4-7-16(2)13-19)21(25(33)37-20)30-24(32)17-8-5-9-17/h3-4,6-7,10-13,17,20-23,25,31,33H,5,8-9,14H2,1-2H3,(H,28,34)(H,29,35)(H,30,32)/t20-,21-,22-,23-,25-/m1/s1. The van der Waals surface area contributed by atoms with Crippen molar-refractivity contribution in [3.63, 3.8) is 0 Å². The summed E-state index contributed by atoms with van der Waals surface area (Å²) in [5, 5.41) is 29.5. The lowest BCUT2D eigenvalue weighted by Crippen LogP contribution is -2.66. The number of aliphatic hydroxyl groups is 2. The van der Waals surface area contributed by atoms with E-state index in [0.29, 0.717) is 24.2 Å². The molecule has 5 N–H and O–H groups in total. The fraction of sp³-hybridized carbons (Fsp3) is 0.444. The number of aliphatic hydroxyl groups excluding tert-OH is 2. The van der Waals surface area contributed by atoms with Crippen LogP contribution in [0.25, 0.3) is 0 Å². The van der Waals surface area contributed by atoms with E-state index < -0.39 is 49.4 Å². The Kier molecular flexibility index (Phi) is 8.82. The second-order valence-electron chi connectivity index (χ2n) is 9.68. The smallest absolute Gasteiger partial charge is 0.412 e. The molecule has 0 aromatic heterocycles. The first-order valence-electron chi connectivity index (χ1n) is 12.6. The molecule has 0 radical (unpaired) electrons. The second kappa shape index (κ2) is 12.2. The van der Waals surface area contributed by atoms with E-state index in [-0.39, 0.29) is 11.8 Å². The highest BCUT2D eigenvalue weighted by atomic mass is 16.7. The minimum atomic E-state index is -1.63. The van der Waals surface area contributed by atoms with E-state index in [4.69, 9.17) is 14.2 Å². The predicted molar refractivity (Wildman–Crippen MR) is 137 cm³/mol. The fourth-order valence-electron chi connectivity index (χ4n) is 4.35.